The summed E-state index contributed by atoms with van der Waals surface area (Å²) in [5.41, 5.74) is 7.67. The molecule has 5 N–H and O–H groups in total. The zero-order chi connectivity index (χ0) is 33.1. The van der Waals surface area contributed by atoms with Gasteiger partial charge in [-0.05, 0) is 42.3 Å². The van der Waals surface area contributed by atoms with Crippen LogP contribution in [-0.4, -0.2) is 79.6 Å². The van der Waals surface area contributed by atoms with Gasteiger partial charge >= 0.3 is 12.1 Å². The number of β-lactam (4-membered cyclic amide) rings is 1. The van der Waals surface area contributed by atoms with E-state index in [0.29, 0.717) is 35.6 Å². The minimum atomic E-state index is -5.08. The number of thioether (sulfide) groups is 1. The summed E-state index contributed by atoms with van der Waals surface area (Å²) in [7, 11) is 0. The Bertz CT molecular complexity index is 1600. The van der Waals surface area contributed by atoms with Crippen molar-refractivity contribution < 1.29 is 57.0 Å². The molecule has 2 fully saturated rings. The first-order valence-electron chi connectivity index (χ1n) is 13.2. The van der Waals surface area contributed by atoms with Crippen molar-refractivity contribution in [2.24, 2.45) is 5.73 Å². The van der Waals surface area contributed by atoms with Crippen LogP contribution in [0.15, 0.2) is 71.6 Å². The first-order chi connectivity index (χ1) is 21.2. The Hall–Kier alpha value is -4.90. The van der Waals surface area contributed by atoms with E-state index >= 15 is 0 Å². The van der Waals surface area contributed by atoms with Gasteiger partial charge in [0.25, 0.3) is 5.91 Å². The van der Waals surface area contributed by atoms with Gasteiger partial charge in [-0.25, -0.2) is 4.79 Å². The SMILES string of the molecule is N[C@@H]1C(=O)N2C(C(=O)[O-])=C(/C=C3\CCN(Cc4cccc[n+]4CC(=O)Nc4ccc(O)cc4)C3=O)CS[C@H]12.O=C(O)C(F)(F)F. The first-order valence-corrected chi connectivity index (χ1v) is 14.2. The number of phenols is 1. The third-order valence-corrected chi connectivity index (χ3v) is 8.21. The zero-order valence-electron chi connectivity index (χ0n) is 23.2. The third-order valence-electron chi connectivity index (χ3n) is 6.89. The van der Waals surface area contributed by atoms with Crippen molar-refractivity contribution in [3.8, 4) is 5.75 Å². The predicted octanol–water partition coefficient (Wildman–Crippen LogP) is -0.143. The van der Waals surface area contributed by atoms with Gasteiger partial charge in [-0.15, -0.1) is 11.8 Å². The number of hydrogen-bond acceptors (Lipinski definition) is 9. The summed E-state index contributed by atoms with van der Waals surface area (Å²) in [6.07, 6.45) is -1.36. The maximum atomic E-state index is 13.2. The van der Waals surface area contributed by atoms with Crippen LogP contribution in [0.1, 0.15) is 12.1 Å². The van der Waals surface area contributed by atoms with E-state index in [1.807, 2.05) is 12.1 Å². The van der Waals surface area contributed by atoms with Crippen molar-refractivity contribution in [3.63, 3.8) is 0 Å². The summed E-state index contributed by atoms with van der Waals surface area (Å²) in [5, 5.41) is 30.7. The molecule has 5 rings (SSSR count). The monoisotopic (exact) mass is 649 g/mol. The van der Waals surface area contributed by atoms with Gasteiger partial charge in [-0.2, -0.15) is 17.7 Å². The van der Waals surface area contributed by atoms with Crippen LogP contribution in [0.4, 0.5) is 18.9 Å². The van der Waals surface area contributed by atoms with E-state index in [0.717, 1.165) is 10.6 Å². The van der Waals surface area contributed by atoms with Gasteiger partial charge in [-0.1, -0.05) is 6.07 Å². The number of halogens is 3. The van der Waals surface area contributed by atoms with Crippen LogP contribution in [0.25, 0.3) is 0 Å². The molecule has 3 amide bonds. The predicted molar refractivity (Wildman–Crippen MR) is 148 cm³/mol. The molecule has 3 aliphatic rings. The van der Waals surface area contributed by atoms with Gasteiger partial charge in [0.15, 0.2) is 6.20 Å². The maximum absolute atomic E-state index is 13.2. The Morgan fingerprint density at radius 1 is 1.16 bits per heavy atom. The molecule has 13 nitrogen and oxygen atoms in total. The quantitative estimate of drug-likeness (QED) is 0.136. The molecule has 0 unspecified atom stereocenters. The van der Waals surface area contributed by atoms with Crippen LogP contribution in [-0.2, 0) is 37.1 Å². The summed E-state index contributed by atoms with van der Waals surface area (Å²) >= 11 is 1.36. The number of aromatic hydroxyl groups is 1. The molecule has 17 heteroatoms. The molecule has 2 atom stereocenters. The number of nitrogens with two attached hydrogens (primary N) is 1. The number of carbonyl (C=O) groups is 5. The third kappa shape index (κ3) is 7.61. The van der Waals surface area contributed by atoms with Crippen LogP contribution >= 0.6 is 11.8 Å². The van der Waals surface area contributed by atoms with Gasteiger partial charge < -0.3 is 36.1 Å². The molecule has 2 aromatic rings. The largest absolute Gasteiger partial charge is 0.543 e. The van der Waals surface area contributed by atoms with Crippen LogP contribution in [0.3, 0.4) is 0 Å². The molecule has 2 saturated heterocycles. The lowest BCUT2D eigenvalue weighted by Crippen LogP contribution is -2.69. The molecule has 0 aliphatic carbocycles. The second kappa shape index (κ2) is 13.4. The van der Waals surface area contributed by atoms with Gasteiger partial charge in [-0.3, -0.25) is 19.3 Å². The van der Waals surface area contributed by atoms with Gasteiger partial charge in [0.2, 0.25) is 24.1 Å². The maximum Gasteiger partial charge on any atom is 0.490 e. The second-order valence-corrected chi connectivity index (χ2v) is 11.1. The number of benzene rings is 1. The normalized spacial score (nSPS) is 20.3. The lowest BCUT2D eigenvalue weighted by atomic mass is 10.0. The molecule has 238 valence electrons. The molecular formula is C28H26F3N5O8S. The lowest BCUT2D eigenvalue weighted by Gasteiger charge is -2.49. The number of hydrogen-bond donors (Lipinski definition) is 4. The number of pyridine rings is 1. The zero-order valence-corrected chi connectivity index (χ0v) is 24.0. The summed E-state index contributed by atoms with van der Waals surface area (Å²) < 4.78 is 33.5. The van der Waals surface area contributed by atoms with Gasteiger partial charge in [0, 0.05) is 35.7 Å². The van der Waals surface area contributed by atoms with E-state index < -0.39 is 35.4 Å². The van der Waals surface area contributed by atoms with Crippen LogP contribution in [0, 0.1) is 0 Å². The second-order valence-electron chi connectivity index (χ2n) is 9.96. The van der Waals surface area contributed by atoms with Crippen molar-refractivity contribution in [1.82, 2.24) is 9.80 Å². The number of aliphatic carboxylic acids is 2. The first kappa shape index (κ1) is 33.0. The molecule has 45 heavy (non-hydrogen) atoms. The van der Waals surface area contributed by atoms with Crippen molar-refractivity contribution in [2.45, 2.75) is 37.1 Å². The van der Waals surface area contributed by atoms with E-state index in [1.165, 1.54) is 23.9 Å². The fourth-order valence-electron chi connectivity index (χ4n) is 4.71. The number of aromatic nitrogens is 1. The number of nitrogens with zero attached hydrogens (tertiary/aromatic N) is 3. The lowest BCUT2D eigenvalue weighted by molar-refractivity contribution is -0.692. The van der Waals surface area contributed by atoms with E-state index in [2.05, 4.69) is 5.32 Å². The number of likely N-dealkylation sites (tertiary alicyclic amines) is 1. The highest BCUT2D eigenvalue weighted by atomic mass is 32.2. The number of carboxylic acid groups (broad SMARTS) is 2. The Kier molecular flexibility index (Phi) is 9.82. The van der Waals surface area contributed by atoms with E-state index in [9.17, 15) is 42.6 Å². The summed E-state index contributed by atoms with van der Waals surface area (Å²) in [6, 6.07) is 10.9. The average Bonchev–Trinajstić information content (AvgIpc) is 3.32. The molecule has 3 aliphatic heterocycles. The molecule has 0 bridgehead atoms. The molecule has 0 spiro atoms. The molecule has 0 saturated carbocycles. The highest BCUT2D eigenvalue weighted by molar-refractivity contribution is 8.00. The van der Waals surface area contributed by atoms with E-state index in [1.54, 1.807) is 39.9 Å². The van der Waals surface area contributed by atoms with E-state index in [4.69, 9.17) is 15.6 Å². The summed E-state index contributed by atoms with van der Waals surface area (Å²) in [6.45, 7) is 0.705. The fraction of sp³-hybridized carbons (Fsp3) is 0.286. The standard InChI is InChI=1S/C26H25N5O6S.C2HF3O2/c27-21-24(35)31-22(26(36)37)16(14-38-25(21)31)11-15-8-10-30(23(15)34)12-18-3-1-2-9-29(18)13-20(33)28-17-4-6-19(32)7-5-17;3-2(4,5)1(6)7/h1-7,9,11,21,25H,8,10,12-14,27H2,(H2-,28,32,33,36,37);(H,6,7)/b15-11+;/t21-,25-;/m1./s1. The molecule has 1 aromatic carbocycles. The Balaban J connectivity index is 0.000000591. The molecular weight excluding hydrogens is 623 g/mol. The minimum absolute atomic E-state index is 0.0218. The molecule has 1 aromatic heterocycles. The number of allylic oxidation sites excluding steroid dienone is 1. The molecule has 4 heterocycles. The Morgan fingerprint density at radius 2 is 1.82 bits per heavy atom. The number of phenolic OH excluding ortho intramolecular Hbond substituents is 1. The number of anilines is 1. The van der Waals surface area contributed by atoms with Crippen LogP contribution < -0.4 is 20.7 Å². The number of nitrogens with one attached hydrogen (secondary N) is 1. The summed E-state index contributed by atoms with van der Waals surface area (Å²) in [5.74, 6) is -4.80. The highest BCUT2D eigenvalue weighted by Crippen LogP contribution is 2.40. The van der Waals surface area contributed by atoms with Crippen LogP contribution in [0.5, 0.6) is 5.75 Å². The Labute approximate surface area is 257 Å². The number of carbonyl (C=O) groups excluding carboxylic acids is 4. The minimum Gasteiger partial charge on any atom is -0.543 e. The topological polar surface area (TPSA) is 197 Å². The fourth-order valence-corrected chi connectivity index (χ4v) is 5.96. The Morgan fingerprint density at radius 3 is 2.44 bits per heavy atom. The van der Waals surface area contributed by atoms with E-state index in [-0.39, 0.29) is 36.4 Å². The highest BCUT2D eigenvalue weighted by Gasteiger charge is 2.50. The summed E-state index contributed by atoms with van der Waals surface area (Å²) in [4.78, 5) is 61.5. The van der Waals surface area contributed by atoms with Crippen molar-refractivity contribution in [3.05, 3.63) is 77.3 Å². The number of fused-ring (bicyclic) bond motifs is 1. The van der Waals surface area contributed by atoms with Crippen LogP contribution in [0.2, 0.25) is 0 Å². The van der Waals surface area contributed by atoms with Crippen molar-refractivity contribution in [1.29, 1.82) is 0 Å². The molecule has 0 radical (unpaired) electrons. The smallest absolute Gasteiger partial charge is 0.490 e. The number of carboxylic acids is 2. The number of alkyl halides is 3. The van der Waals surface area contributed by atoms with Gasteiger partial charge in [0.05, 0.1) is 11.7 Å². The number of rotatable bonds is 7. The van der Waals surface area contributed by atoms with Crippen molar-refractivity contribution in [2.75, 3.05) is 17.6 Å². The van der Waals surface area contributed by atoms with Gasteiger partial charge in [0.1, 0.15) is 23.7 Å². The average molecular weight is 650 g/mol. The number of amides is 3. The van der Waals surface area contributed by atoms with Crippen molar-refractivity contribution >= 4 is 47.1 Å².